The first-order valence-electron chi connectivity index (χ1n) is 9.24. The first-order chi connectivity index (χ1) is 13.8. The van der Waals surface area contributed by atoms with E-state index < -0.39 is 5.97 Å². The summed E-state index contributed by atoms with van der Waals surface area (Å²) in [6.45, 7) is 3.81. The fourth-order valence-electron chi connectivity index (χ4n) is 3.29. The largest absolute Gasteiger partial charge is 0.508 e. The second kappa shape index (κ2) is 8.73. The molecule has 150 valence electrons. The molecule has 2 aromatic rings. The Bertz CT molecular complexity index is 1010. The van der Waals surface area contributed by atoms with Crippen LogP contribution in [0.5, 0.6) is 11.6 Å². The molecule has 0 unspecified atom stereocenters. The summed E-state index contributed by atoms with van der Waals surface area (Å²) in [6, 6.07) is 8.77. The van der Waals surface area contributed by atoms with Gasteiger partial charge >= 0.3 is 5.97 Å². The molecule has 1 aromatic heterocycles. The number of carbonyl (C=O) groups is 1. The van der Waals surface area contributed by atoms with Crippen LogP contribution in [0.2, 0.25) is 0 Å². The lowest BCUT2D eigenvalue weighted by molar-refractivity contribution is -0.136. The minimum absolute atomic E-state index is 0.0569. The van der Waals surface area contributed by atoms with Crippen molar-refractivity contribution in [1.82, 2.24) is 4.98 Å². The number of rotatable bonds is 6. The fourth-order valence-corrected chi connectivity index (χ4v) is 3.29. The molecular weight excluding hydrogens is 373 g/mol. The highest BCUT2D eigenvalue weighted by molar-refractivity contribution is 5.69. The lowest BCUT2D eigenvalue weighted by Crippen LogP contribution is -2.00. The normalized spacial score (nSPS) is 15.1. The number of nitrogens with zero attached hydrogens (tertiary/aromatic N) is 1. The maximum absolute atomic E-state index is 14.2. The van der Waals surface area contributed by atoms with Crippen LogP contribution >= 0.6 is 0 Å². The lowest BCUT2D eigenvalue weighted by Gasteiger charge is -2.12. The molecule has 0 bridgehead atoms. The fraction of sp³-hybridized carbons (Fsp3) is 0.217. The second-order valence-electron chi connectivity index (χ2n) is 6.96. The maximum atomic E-state index is 14.2. The van der Waals surface area contributed by atoms with E-state index in [0.29, 0.717) is 17.0 Å². The van der Waals surface area contributed by atoms with E-state index in [9.17, 15) is 14.3 Å². The molecule has 29 heavy (non-hydrogen) atoms. The van der Waals surface area contributed by atoms with Gasteiger partial charge in [0, 0.05) is 24.5 Å². The molecule has 1 aliphatic carbocycles. The summed E-state index contributed by atoms with van der Waals surface area (Å²) in [5.41, 5.74) is 4.49. The number of phenolic OH excluding ortho intramolecular Hbond substituents is 1. The number of carboxylic acid groups (broad SMARTS) is 1. The summed E-state index contributed by atoms with van der Waals surface area (Å²) in [5, 5.41) is 18.5. The number of aliphatic carboxylic acids is 1. The number of pyridine rings is 1. The number of aromatic nitrogens is 1. The number of hydrogen-bond donors (Lipinski definition) is 2. The van der Waals surface area contributed by atoms with Gasteiger partial charge in [0.2, 0.25) is 5.88 Å². The number of allylic oxidation sites excluding steroid dienone is 5. The van der Waals surface area contributed by atoms with Crippen molar-refractivity contribution in [2.45, 2.75) is 33.1 Å². The van der Waals surface area contributed by atoms with Crippen molar-refractivity contribution < 1.29 is 24.1 Å². The molecule has 0 saturated heterocycles. The number of aryl methyl sites for hydroxylation is 2. The summed E-state index contributed by atoms with van der Waals surface area (Å²) in [6.07, 6.45) is 4.88. The number of hydrogen-bond acceptors (Lipinski definition) is 4. The zero-order chi connectivity index (χ0) is 21.0. The van der Waals surface area contributed by atoms with Crippen LogP contribution in [-0.2, 0) is 4.79 Å². The molecule has 5 nitrogen and oxygen atoms in total. The molecule has 1 aliphatic rings. The van der Waals surface area contributed by atoms with Crippen molar-refractivity contribution in [3.63, 3.8) is 0 Å². The summed E-state index contributed by atoms with van der Waals surface area (Å²) >= 11 is 0. The Balaban J connectivity index is 1.74. The Kier molecular flexibility index (Phi) is 6.12. The highest BCUT2D eigenvalue weighted by Crippen LogP contribution is 2.31. The molecule has 3 rings (SSSR count). The zero-order valence-electron chi connectivity index (χ0n) is 16.3. The average molecular weight is 395 g/mol. The molecule has 0 radical (unpaired) electrons. The van der Waals surface area contributed by atoms with Gasteiger partial charge in [-0.25, -0.2) is 9.37 Å². The topological polar surface area (TPSA) is 79.7 Å². The molecule has 0 atom stereocenters. The monoisotopic (exact) mass is 395 g/mol. The lowest BCUT2D eigenvalue weighted by atomic mass is 9.98. The standard InChI is InChI=1S/C23H22FNO4/c1-14-10-18(26)11-15(2)23(14)20-4-3-5-21(25-20)29-13-16-6-7-17(19(24)12-16)8-9-22(27)28/h3-7,10-11,13,26H,8-9,12H2,1-2H3,(H,27,28). The first kappa shape index (κ1) is 20.3. The summed E-state index contributed by atoms with van der Waals surface area (Å²) in [4.78, 5) is 15.2. The molecular formula is C23H22FNO4. The van der Waals surface area contributed by atoms with Crippen LogP contribution in [0.3, 0.4) is 0 Å². The molecule has 0 amide bonds. The van der Waals surface area contributed by atoms with E-state index in [2.05, 4.69) is 4.98 Å². The van der Waals surface area contributed by atoms with Crippen molar-refractivity contribution in [2.24, 2.45) is 0 Å². The average Bonchev–Trinajstić information content (AvgIpc) is 2.65. The van der Waals surface area contributed by atoms with Gasteiger partial charge in [0.15, 0.2) is 0 Å². The van der Waals surface area contributed by atoms with Crippen molar-refractivity contribution in [1.29, 1.82) is 0 Å². The van der Waals surface area contributed by atoms with Crippen LogP contribution in [0.1, 0.15) is 30.4 Å². The molecule has 2 N–H and O–H groups in total. The van der Waals surface area contributed by atoms with Gasteiger partial charge in [-0.1, -0.05) is 18.2 Å². The van der Waals surface area contributed by atoms with E-state index in [0.717, 1.165) is 22.4 Å². The third kappa shape index (κ3) is 5.10. The van der Waals surface area contributed by atoms with E-state index >= 15 is 0 Å². The molecule has 0 fully saturated rings. The van der Waals surface area contributed by atoms with Gasteiger partial charge in [-0.05, 0) is 60.7 Å². The van der Waals surface area contributed by atoms with Crippen LogP contribution in [0.4, 0.5) is 4.39 Å². The van der Waals surface area contributed by atoms with Crippen molar-refractivity contribution >= 4 is 5.97 Å². The van der Waals surface area contributed by atoms with Crippen molar-refractivity contribution in [2.75, 3.05) is 0 Å². The molecule has 0 spiro atoms. The third-order valence-electron chi connectivity index (χ3n) is 4.64. The smallest absolute Gasteiger partial charge is 0.303 e. The third-order valence-corrected chi connectivity index (χ3v) is 4.64. The van der Waals surface area contributed by atoms with Crippen LogP contribution in [0.25, 0.3) is 11.3 Å². The van der Waals surface area contributed by atoms with Crippen molar-refractivity contribution in [3.8, 4) is 22.9 Å². The summed E-state index contributed by atoms with van der Waals surface area (Å²) < 4.78 is 19.8. The number of ether oxygens (including phenoxy) is 1. The van der Waals surface area contributed by atoms with Crippen molar-refractivity contribution in [3.05, 3.63) is 76.8 Å². The number of carboxylic acids is 1. The van der Waals surface area contributed by atoms with Gasteiger partial charge in [0.05, 0.1) is 12.0 Å². The van der Waals surface area contributed by atoms with Crippen LogP contribution < -0.4 is 4.74 Å². The predicted molar refractivity (Wildman–Crippen MR) is 108 cm³/mol. The Hall–Kier alpha value is -3.41. The molecule has 1 aromatic carbocycles. The van der Waals surface area contributed by atoms with E-state index in [4.69, 9.17) is 9.84 Å². The van der Waals surface area contributed by atoms with E-state index in [-0.39, 0.29) is 30.8 Å². The van der Waals surface area contributed by atoms with E-state index in [1.54, 1.807) is 30.4 Å². The quantitative estimate of drug-likeness (QED) is 0.642. The van der Waals surface area contributed by atoms with Crippen LogP contribution in [-0.4, -0.2) is 21.2 Å². The van der Waals surface area contributed by atoms with Crippen LogP contribution in [0, 0.1) is 13.8 Å². The van der Waals surface area contributed by atoms with Gasteiger partial charge in [-0.2, -0.15) is 0 Å². The number of phenols is 1. The van der Waals surface area contributed by atoms with Gasteiger partial charge in [-0.15, -0.1) is 0 Å². The number of halogens is 1. The molecule has 6 heteroatoms. The van der Waals surface area contributed by atoms with Crippen LogP contribution in [0.15, 0.2) is 65.7 Å². The Morgan fingerprint density at radius 3 is 2.62 bits per heavy atom. The molecule has 0 saturated carbocycles. The van der Waals surface area contributed by atoms with Gasteiger partial charge in [-0.3, -0.25) is 4.79 Å². The number of aromatic hydroxyl groups is 1. The predicted octanol–water partition coefficient (Wildman–Crippen LogP) is 5.38. The molecule has 1 heterocycles. The Morgan fingerprint density at radius 2 is 1.97 bits per heavy atom. The minimum atomic E-state index is -0.951. The van der Waals surface area contributed by atoms with E-state index in [1.807, 2.05) is 26.0 Å². The highest BCUT2D eigenvalue weighted by Gasteiger charge is 2.13. The summed E-state index contributed by atoms with van der Waals surface area (Å²) in [5.74, 6) is -0.715. The first-order valence-corrected chi connectivity index (χ1v) is 9.24. The number of benzene rings is 1. The summed E-state index contributed by atoms with van der Waals surface area (Å²) in [7, 11) is 0. The highest BCUT2D eigenvalue weighted by atomic mass is 19.1. The van der Waals surface area contributed by atoms with E-state index in [1.165, 1.54) is 6.26 Å². The Morgan fingerprint density at radius 1 is 1.24 bits per heavy atom. The molecule has 0 aliphatic heterocycles. The van der Waals surface area contributed by atoms with Gasteiger partial charge in [0.1, 0.15) is 11.6 Å². The SMILES string of the molecule is Cc1cc(O)cc(C)c1-c1cccc(OC=C2C=CC(CCC(=O)O)=C(F)C2)n1. The Labute approximate surface area is 168 Å². The second-order valence-corrected chi connectivity index (χ2v) is 6.96. The van der Waals surface area contributed by atoms with Gasteiger partial charge in [0.25, 0.3) is 0 Å². The zero-order valence-corrected chi connectivity index (χ0v) is 16.3. The van der Waals surface area contributed by atoms with Gasteiger partial charge < -0.3 is 14.9 Å². The maximum Gasteiger partial charge on any atom is 0.303 e. The minimum Gasteiger partial charge on any atom is -0.508 e.